The minimum Gasteiger partial charge on any atom is -0.488 e. The summed E-state index contributed by atoms with van der Waals surface area (Å²) in [4.78, 5) is 13.3. The number of esters is 1. The standard InChI is InChI=1S/C32H28FNO4/c1-32(2,21-35)30-29(38-31(36)23-12-7-4-8-13-23)28-26(34(30)25-18-16-24(33)17-19-25)14-9-15-27(28)37-20-22-10-5-3-6-11-22/h3-19,35H,20-21H2,1-2H3. The van der Waals surface area contributed by atoms with Crippen LogP contribution in [-0.4, -0.2) is 22.2 Å². The molecule has 0 radical (unpaired) electrons. The minimum absolute atomic E-state index is 0.222. The van der Waals surface area contributed by atoms with Gasteiger partial charge in [-0.05, 0) is 54.1 Å². The van der Waals surface area contributed by atoms with Crippen molar-refractivity contribution in [3.05, 3.63) is 126 Å². The van der Waals surface area contributed by atoms with E-state index in [2.05, 4.69) is 0 Å². The Balaban J connectivity index is 1.75. The van der Waals surface area contributed by atoms with Crippen LogP contribution in [0.4, 0.5) is 4.39 Å². The number of ether oxygens (including phenoxy) is 2. The third kappa shape index (κ3) is 4.91. The third-order valence-electron chi connectivity index (χ3n) is 6.47. The average molecular weight is 510 g/mol. The van der Waals surface area contributed by atoms with Crippen molar-refractivity contribution in [1.82, 2.24) is 4.57 Å². The van der Waals surface area contributed by atoms with Crippen LogP contribution >= 0.6 is 0 Å². The smallest absolute Gasteiger partial charge is 0.343 e. The summed E-state index contributed by atoms with van der Waals surface area (Å²) >= 11 is 0. The number of aliphatic hydroxyl groups excluding tert-OH is 1. The first-order valence-corrected chi connectivity index (χ1v) is 12.4. The van der Waals surface area contributed by atoms with Crippen LogP contribution in [0.3, 0.4) is 0 Å². The van der Waals surface area contributed by atoms with Gasteiger partial charge >= 0.3 is 5.97 Å². The number of fused-ring (bicyclic) bond motifs is 1. The van der Waals surface area contributed by atoms with Gasteiger partial charge in [0, 0.05) is 11.1 Å². The van der Waals surface area contributed by atoms with Crippen molar-refractivity contribution in [2.75, 3.05) is 6.61 Å². The molecule has 4 aromatic carbocycles. The van der Waals surface area contributed by atoms with Gasteiger partial charge in [-0.2, -0.15) is 0 Å². The second kappa shape index (κ2) is 10.5. The Kier molecular flexibility index (Phi) is 6.99. The lowest BCUT2D eigenvalue weighted by atomic mass is 9.89. The Hall–Kier alpha value is -4.42. The largest absolute Gasteiger partial charge is 0.488 e. The Morgan fingerprint density at radius 1 is 0.868 bits per heavy atom. The number of hydrogen-bond acceptors (Lipinski definition) is 4. The molecule has 38 heavy (non-hydrogen) atoms. The van der Waals surface area contributed by atoms with Crippen molar-refractivity contribution in [1.29, 1.82) is 0 Å². The molecule has 1 aromatic heterocycles. The predicted molar refractivity (Wildman–Crippen MR) is 146 cm³/mol. The molecule has 0 aliphatic heterocycles. The Morgan fingerprint density at radius 2 is 1.53 bits per heavy atom. The van der Waals surface area contributed by atoms with Crippen molar-refractivity contribution < 1.29 is 23.8 Å². The molecule has 5 rings (SSSR count). The number of carbonyl (C=O) groups excluding carboxylic acids is 1. The van der Waals surface area contributed by atoms with Crippen molar-refractivity contribution in [2.24, 2.45) is 0 Å². The van der Waals surface area contributed by atoms with E-state index in [0.717, 1.165) is 5.56 Å². The van der Waals surface area contributed by atoms with Crippen LogP contribution in [0.5, 0.6) is 11.5 Å². The van der Waals surface area contributed by atoms with E-state index in [1.807, 2.05) is 73.0 Å². The first-order valence-electron chi connectivity index (χ1n) is 12.4. The van der Waals surface area contributed by atoms with Gasteiger partial charge in [-0.15, -0.1) is 0 Å². The van der Waals surface area contributed by atoms with Gasteiger partial charge in [-0.1, -0.05) is 68.4 Å². The zero-order valence-corrected chi connectivity index (χ0v) is 21.2. The molecule has 0 bridgehead atoms. The first-order chi connectivity index (χ1) is 18.4. The molecule has 0 saturated heterocycles. The van der Waals surface area contributed by atoms with E-state index in [9.17, 15) is 14.3 Å². The minimum atomic E-state index is -0.837. The SMILES string of the molecule is CC(C)(CO)c1c(OC(=O)c2ccccc2)c2c(OCc3ccccc3)cccc2n1-c1ccc(F)cc1. The maximum Gasteiger partial charge on any atom is 0.343 e. The highest BCUT2D eigenvalue weighted by Gasteiger charge is 2.34. The van der Waals surface area contributed by atoms with Gasteiger partial charge in [-0.3, -0.25) is 0 Å². The normalized spacial score (nSPS) is 11.5. The summed E-state index contributed by atoms with van der Waals surface area (Å²) in [6.07, 6.45) is 0. The van der Waals surface area contributed by atoms with E-state index >= 15 is 0 Å². The van der Waals surface area contributed by atoms with Crippen LogP contribution in [-0.2, 0) is 12.0 Å². The van der Waals surface area contributed by atoms with E-state index in [1.54, 1.807) is 36.4 Å². The van der Waals surface area contributed by atoms with E-state index in [4.69, 9.17) is 9.47 Å². The summed E-state index contributed by atoms with van der Waals surface area (Å²) in [5, 5.41) is 11.0. The molecule has 0 unspecified atom stereocenters. The number of halogens is 1. The monoisotopic (exact) mass is 509 g/mol. The second-order valence-corrected chi connectivity index (χ2v) is 9.71. The third-order valence-corrected chi connectivity index (χ3v) is 6.47. The lowest BCUT2D eigenvalue weighted by Crippen LogP contribution is -2.27. The highest BCUT2D eigenvalue weighted by Crippen LogP contribution is 2.46. The molecule has 0 atom stereocenters. The molecule has 192 valence electrons. The zero-order valence-electron chi connectivity index (χ0n) is 21.2. The van der Waals surface area contributed by atoms with Gasteiger partial charge in [0.1, 0.15) is 18.2 Å². The highest BCUT2D eigenvalue weighted by atomic mass is 19.1. The molecular weight excluding hydrogens is 481 g/mol. The fraction of sp³-hybridized carbons (Fsp3) is 0.156. The number of hydrogen-bond donors (Lipinski definition) is 1. The highest BCUT2D eigenvalue weighted by molar-refractivity contribution is 6.00. The average Bonchev–Trinajstić information content (AvgIpc) is 3.28. The summed E-state index contributed by atoms with van der Waals surface area (Å²) in [7, 11) is 0. The van der Waals surface area contributed by atoms with Gasteiger partial charge in [0.15, 0.2) is 5.75 Å². The van der Waals surface area contributed by atoms with Crippen molar-refractivity contribution >= 4 is 16.9 Å². The second-order valence-electron chi connectivity index (χ2n) is 9.71. The molecule has 1 heterocycles. The summed E-state index contributed by atoms with van der Waals surface area (Å²) in [6.45, 7) is 3.82. The van der Waals surface area contributed by atoms with Crippen LogP contribution in [0.1, 0.15) is 35.5 Å². The lowest BCUT2D eigenvalue weighted by molar-refractivity contribution is 0.0731. The first kappa shape index (κ1) is 25.2. The molecule has 5 nitrogen and oxygen atoms in total. The number of benzene rings is 4. The number of rotatable bonds is 8. The van der Waals surface area contributed by atoms with E-state index in [1.165, 1.54) is 12.1 Å². The van der Waals surface area contributed by atoms with Gasteiger partial charge < -0.3 is 19.1 Å². The van der Waals surface area contributed by atoms with Crippen LogP contribution in [0, 0.1) is 5.82 Å². The molecule has 0 saturated carbocycles. The van der Waals surface area contributed by atoms with Crippen LogP contribution in [0.2, 0.25) is 0 Å². The number of carbonyl (C=O) groups is 1. The quantitative estimate of drug-likeness (QED) is 0.233. The van der Waals surface area contributed by atoms with Crippen molar-refractivity contribution in [3.63, 3.8) is 0 Å². The number of nitrogens with zero attached hydrogens (tertiary/aromatic N) is 1. The Labute approximate surface area is 220 Å². The molecule has 0 aliphatic rings. The zero-order chi connectivity index (χ0) is 26.7. The fourth-order valence-corrected chi connectivity index (χ4v) is 4.50. The van der Waals surface area contributed by atoms with Crippen LogP contribution < -0.4 is 9.47 Å². The van der Waals surface area contributed by atoms with E-state index in [0.29, 0.717) is 46.0 Å². The topological polar surface area (TPSA) is 60.7 Å². The van der Waals surface area contributed by atoms with E-state index in [-0.39, 0.29) is 12.4 Å². The van der Waals surface area contributed by atoms with Gasteiger partial charge in [0.25, 0.3) is 0 Å². The Bertz CT molecular complexity index is 1560. The van der Waals surface area contributed by atoms with Crippen molar-refractivity contribution in [3.8, 4) is 17.2 Å². The lowest BCUT2D eigenvalue weighted by Gasteiger charge is -2.26. The molecule has 5 aromatic rings. The maximum atomic E-state index is 13.9. The molecule has 1 N–H and O–H groups in total. The van der Waals surface area contributed by atoms with Gasteiger partial charge in [-0.25, -0.2) is 9.18 Å². The molecule has 6 heteroatoms. The molecular formula is C32H28FNO4. The molecule has 0 spiro atoms. The fourth-order valence-electron chi connectivity index (χ4n) is 4.50. The molecule has 0 amide bonds. The number of aliphatic hydroxyl groups is 1. The van der Waals surface area contributed by atoms with Crippen LogP contribution in [0.25, 0.3) is 16.6 Å². The number of aromatic nitrogens is 1. The maximum absolute atomic E-state index is 13.9. The Morgan fingerprint density at radius 3 is 2.18 bits per heavy atom. The van der Waals surface area contributed by atoms with Crippen molar-refractivity contribution in [2.45, 2.75) is 25.9 Å². The van der Waals surface area contributed by atoms with E-state index < -0.39 is 11.4 Å². The predicted octanol–water partition coefficient (Wildman–Crippen LogP) is 6.84. The summed E-state index contributed by atoms with van der Waals surface area (Å²) in [6, 6.07) is 30.2. The summed E-state index contributed by atoms with van der Waals surface area (Å²) in [5.41, 5.74) is 2.48. The molecule has 0 fully saturated rings. The summed E-state index contributed by atoms with van der Waals surface area (Å²) < 4.78 is 28.2. The summed E-state index contributed by atoms with van der Waals surface area (Å²) in [5.74, 6) is -0.0774. The van der Waals surface area contributed by atoms with Gasteiger partial charge in [0.05, 0.1) is 28.8 Å². The van der Waals surface area contributed by atoms with Crippen LogP contribution in [0.15, 0.2) is 103 Å². The molecule has 0 aliphatic carbocycles. The van der Waals surface area contributed by atoms with Gasteiger partial charge in [0.2, 0.25) is 0 Å².